The van der Waals surface area contributed by atoms with Gasteiger partial charge in [0.25, 0.3) is 10.1 Å². The Kier molecular flexibility index (Phi) is 4.21. The first kappa shape index (κ1) is 14.5. The molecule has 1 aromatic carbocycles. The first-order valence-corrected chi connectivity index (χ1v) is 6.54. The highest BCUT2D eigenvalue weighted by Crippen LogP contribution is 2.24. The minimum atomic E-state index is -4.69. The average molecular weight is 333 g/mol. The van der Waals surface area contributed by atoms with Crippen molar-refractivity contribution in [2.24, 2.45) is 0 Å². The molecular weight excluding hydrogens is 325 g/mol. The van der Waals surface area contributed by atoms with Gasteiger partial charge in [0.15, 0.2) is 6.61 Å². The Morgan fingerprint density at radius 2 is 1.94 bits per heavy atom. The van der Waals surface area contributed by atoms with Gasteiger partial charge in [-0.2, -0.15) is 21.6 Å². The van der Waals surface area contributed by atoms with Crippen molar-refractivity contribution in [2.75, 3.05) is 6.61 Å². The Hall–Kier alpha value is -0.600. The van der Waals surface area contributed by atoms with Gasteiger partial charge in [0.2, 0.25) is 0 Å². The zero-order valence-electron chi connectivity index (χ0n) is 8.58. The zero-order chi connectivity index (χ0) is 13.3. The molecule has 0 N–H and O–H groups in total. The van der Waals surface area contributed by atoms with Gasteiger partial charge < -0.3 is 0 Å². The van der Waals surface area contributed by atoms with Crippen LogP contribution in [0, 0.1) is 6.92 Å². The third kappa shape index (κ3) is 4.29. The van der Waals surface area contributed by atoms with Crippen molar-refractivity contribution < 1.29 is 25.8 Å². The molecule has 8 heteroatoms. The van der Waals surface area contributed by atoms with Crippen LogP contribution in [0.5, 0.6) is 0 Å². The van der Waals surface area contributed by atoms with Crippen LogP contribution >= 0.6 is 15.9 Å². The fourth-order valence-electron chi connectivity index (χ4n) is 1.05. The second-order valence-corrected chi connectivity index (χ2v) is 5.74. The standard InChI is InChI=1S/C9H8BrF3O3S/c1-6-2-3-7(10)4-8(6)17(14,15)16-5-9(11,12)13/h2-4H,5H2,1H3. The van der Waals surface area contributed by atoms with Crippen molar-refractivity contribution in [1.82, 2.24) is 0 Å². The molecule has 0 saturated heterocycles. The molecule has 0 heterocycles. The van der Waals surface area contributed by atoms with E-state index in [-0.39, 0.29) is 4.90 Å². The molecule has 17 heavy (non-hydrogen) atoms. The summed E-state index contributed by atoms with van der Waals surface area (Å²) in [5, 5.41) is 0. The molecule has 0 aliphatic heterocycles. The molecular formula is C9H8BrF3O3S. The molecule has 1 rings (SSSR count). The summed E-state index contributed by atoms with van der Waals surface area (Å²) in [6.07, 6.45) is -4.69. The maximum absolute atomic E-state index is 11.9. The molecule has 0 radical (unpaired) electrons. The zero-order valence-corrected chi connectivity index (χ0v) is 11.0. The predicted octanol–water partition coefficient (Wildman–Crippen LogP) is 3.03. The summed E-state index contributed by atoms with van der Waals surface area (Å²) in [6.45, 7) is -0.364. The van der Waals surface area contributed by atoms with Crippen molar-refractivity contribution >= 4 is 26.0 Å². The van der Waals surface area contributed by atoms with Gasteiger partial charge >= 0.3 is 6.18 Å². The molecule has 0 aliphatic rings. The van der Waals surface area contributed by atoms with Gasteiger partial charge in [-0.15, -0.1) is 0 Å². The lowest BCUT2D eigenvalue weighted by atomic mass is 10.2. The van der Waals surface area contributed by atoms with Crippen molar-refractivity contribution in [3.05, 3.63) is 28.2 Å². The number of benzene rings is 1. The number of halogens is 4. The van der Waals surface area contributed by atoms with Gasteiger partial charge in [-0.1, -0.05) is 22.0 Å². The molecule has 0 spiro atoms. The molecule has 0 fully saturated rings. The number of hydrogen-bond acceptors (Lipinski definition) is 3. The van der Waals surface area contributed by atoms with Gasteiger partial charge in [-0.3, -0.25) is 4.18 Å². The summed E-state index contributed by atoms with van der Waals surface area (Å²) in [4.78, 5) is -0.281. The Morgan fingerprint density at radius 1 is 1.35 bits per heavy atom. The van der Waals surface area contributed by atoms with E-state index in [1.54, 1.807) is 6.07 Å². The monoisotopic (exact) mass is 332 g/mol. The Balaban J connectivity index is 3.02. The lowest BCUT2D eigenvalue weighted by molar-refractivity contribution is -0.152. The van der Waals surface area contributed by atoms with Crippen LogP contribution in [-0.2, 0) is 14.3 Å². The molecule has 0 saturated carbocycles. The number of hydrogen-bond donors (Lipinski definition) is 0. The van der Waals surface area contributed by atoms with Gasteiger partial charge in [-0.25, -0.2) is 0 Å². The molecule has 0 amide bonds. The summed E-state index contributed by atoms with van der Waals surface area (Å²) in [5.74, 6) is 0. The SMILES string of the molecule is Cc1ccc(Br)cc1S(=O)(=O)OCC(F)(F)F. The third-order valence-corrected chi connectivity index (χ3v) is 3.70. The molecule has 1 aromatic rings. The first-order chi connectivity index (χ1) is 7.62. The summed E-state index contributed by atoms with van der Waals surface area (Å²) in [6, 6.07) is 4.24. The predicted molar refractivity (Wildman–Crippen MR) is 58.1 cm³/mol. The second kappa shape index (κ2) is 4.95. The quantitative estimate of drug-likeness (QED) is 0.799. The van der Waals surface area contributed by atoms with E-state index in [4.69, 9.17) is 0 Å². The third-order valence-electron chi connectivity index (χ3n) is 1.80. The minimum absolute atomic E-state index is 0.281. The van der Waals surface area contributed by atoms with Gasteiger partial charge in [0.1, 0.15) is 0 Å². The van der Waals surface area contributed by atoms with Gasteiger partial charge in [-0.05, 0) is 24.6 Å². The van der Waals surface area contributed by atoms with E-state index in [1.165, 1.54) is 19.1 Å². The van der Waals surface area contributed by atoms with E-state index in [2.05, 4.69) is 20.1 Å². The van der Waals surface area contributed by atoms with Crippen LogP contribution in [-0.4, -0.2) is 21.2 Å². The lowest BCUT2D eigenvalue weighted by Crippen LogP contribution is -2.21. The van der Waals surface area contributed by atoms with Crippen molar-refractivity contribution in [2.45, 2.75) is 18.0 Å². The highest BCUT2D eigenvalue weighted by molar-refractivity contribution is 9.10. The highest BCUT2D eigenvalue weighted by Gasteiger charge is 2.32. The van der Waals surface area contributed by atoms with E-state index >= 15 is 0 Å². The van der Waals surface area contributed by atoms with Crippen LogP contribution in [0.2, 0.25) is 0 Å². The van der Waals surface area contributed by atoms with Crippen LogP contribution < -0.4 is 0 Å². The van der Waals surface area contributed by atoms with Crippen molar-refractivity contribution in [3.8, 4) is 0 Å². The summed E-state index contributed by atoms with van der Waals surface area (Å²) in [7, 11) is -4.40. The van der Waals surface area contributed by atoms with Crippen LogP contribution in [0.3, 0.4) is 0 Å². The van der Waals surface area contributed by atoms with E-state index in [1.807, 2.05) is 0 Å². The van der Waals surface area contributed by atoms with Gasteiger partial charge in [0, 0.05) is 4.47 Å². The maximum atomic E-state index is 11.9. The van der Waals surface area contributed by atoms with E-state index in [9.17, 15) is 21.6 Å². The normalized spacial score (nSPS) is 12.8. The molecule has 0 aliphatic carbocycles. The lowest BCUT2D eigenvalue weighted by Gasteiger charge is -2.10. The Morgan fingerprint density at radius 3 is 2.47 bits per heavy atom. The van der Waals surface area contributed by atoms with Crippen LogP contribution in [0.15, 0.2) is 27.6 Å². The fraction of sp³-hybridized carbons (Fsp3) is 0.333. The molecule has 0 aromatic heterocycles. The van der Waals surface area contributed by atoms with E-state index in [0.29, 0.717) is 10.0 Å². The smallest absolute Gasteiger partial charge is 0.257 e. The van der Waals surface area contributed by atoms with Gasteiger partial charge in [0.05, 0.1) is 4.90 Å². The van der Waals surface area contributed by atoms with Crippen LogP contribution in [0.1, 0.15) is 5.56 Å². The number of rotatable bonds is 3. The topological polar surface area (TPSA) is 43.4 Å². The molecule has 0 atom stereocenters. The second-order valence-electron chi connectivity index (χ2n) is 3.24. The minimum Gasteiger partial charge on any atom is -0.257 e. The van der Waals surface area contributed by atoms with Crippen molar-refractivity contribution in [3.63, 3.8) is 0 Å². The Labute approximate surface area is 105 Å². The van der Waals surface area contributed by atoms with E-state index in [0.717, 1.165) is 0 Å². The largest absolute Gasteiger partial charge is 0.413 e. The average Bonchev–Trinajstić information content (AvgIpc) is 2.18. The fourth-order valence-corrected chi connectivity index (χ4v) is 2.71. The summed E-state index contributed by atoms with van der Waals surface area (Å²) in [5.41, 5.74) is 0.315. The number of alkyl halides is 3. The van der Waals surface area contributed by atoms with Crippen LogP contribution in [0.25, 0.3) is 0 Å². The molecule has 96 valence electrons. The van der Waals surface area contributed by atoms with E-state index < -0.39 is 22.9 Å². The van der Waals surface area contributed by atoms with Crippen molar-refractivity contribution in [1.29, 1.82) is 0 Å². The van der Waals surface area contributed by atoms with Crippen LogP contribution in [0.4, 0.5) is 13.2 Å². The maximum Gasteiger partial charge on any atom is 0.413 e. The Bertz CT molecular complexity index is 511. The molecule has 0 unspecified atom stereocenters. The first-order valence-electron chi connectivity index (χ1n) is 4.34. The molecule has 0 bridgehead atoms. The highest BCUT2D eigenvalue weighted by atomic mass is 79.9. The summed E-state index contributed by atoms with van der Waals surface area (Å²) < 4.78 is 63.1. The molecule has 3 nitrogen and oxygen atoms in total. The summed E-state index contributed by atoms with van der Waals surface area (Å²) >= 11 is 3.04. The number of aryl methyl sites for hydroxylation is 1.